The van der Waals surface area contributed by atoms with Crippen molar-refractivity contribution in [3.63, 3.8) is 0 Å². The molecule has 2 aromatic rings. The Hall–Kier alpha value is -2.54. The molecule has 0 saturated heterocycles. The Bertz CT molecular complexity index is 743. The van der Waals surface area contributed by atoms with Gasteiger partial charge >= 0.3 is 6.18 Å². The Morgan fingerprint density at radius 1 is 1.00 bits per heavy atom. The van der Waals surface area contributed by atoms with Crippen LogP contribution >= 0.6 is 0 Å². The normalized spacial score (nSPS) is 12.1. The number of ether oxygens (including phenoxy) is 1. The second-order valence-electron chi connectivity index (χ2n) is 6.00. The fourth-order valence-electron chi connectivity index (χ4n) is 2.61. The van der Waals surface area contributed by atoms with Crippen LogP contribution in [0.5, 0.6) is 0 Å². The third-order valence-corrected chi connectivity index (χ3v) is 4.08. The summed E-state index contributed by atoms with van der Waals surface area (Å²) < 4.78 is 42.9. The van der Waals surface area contributed by atoms with Crippen molar-refractivity contribution in [2.75, 3.05) is 20.7 Å². The summed E-state index contributed by atoms with van der Waals surface area (Å²) in [6, 6.07) is 13.2. The van der Waals surface area contributed by atoms with E-state index in [1.54, 1.807) is 14.2 Å². The van der Waals surface area contributed by atoms with E-state index in [0.717, 1.165) is 28.8 Å². The molecule has 0 aliphatic heterocycles. The Balaban J connectivity index is 1.82. The molecule has 0 amide bonds. The first kappa shape index (κ1) is 20.8. The third-order valence-electron chi connectivity index (χ3n) is 4.08. The number of hydrogen-bond acceptors (Lipinski definition) is 2. The number of hydrogen-bond donors (Lipinski definition) is 2. The summed E-state index contributed by atoms with van der Waals surface area (Å²) in [7, 11) is 3.33. The Morgan fingerprint density at radius 2 is 1.67 bits per heavy atom. The minimum Gasteiger partial charge on any atom is -0.380 e. The van der Waals surface area contributed by atoms with Gasteiger partial charge in [0, 0.05) is 27.2 Å². The summed E-state index contributed by atoms with van der Waals surface area (Å²) in [5.41, 5.74) is 2.42. The zero-order valence-electron chi connectivity index (χ0n) is 15.4. The van der Waals surface area contributed by atoms with Gasteiger partial charge in [-0.3, -0.25) is 4.99 Å². The molecule has 0 radical (unpaired) electrons. The van der Waals surface area contributed by atoms with Crippen LogP contribution in [0.4, 0.5) is 13.2 Å². The molecule has 0 saturated carbocycles. The first-order valence-electron chi connectivity index (χ1n) is 8.60. The maximum atomic E-state index is 12.6. The summed E-state index contributed by atoms with van der Waals surface area (Å²) in [5, 5.41) is 6.40. The number of methoxy groups -OCH3 is 1. The summed E-state index contributed by atoms with van der Waals surface area (Å²) in [4.78, 5) is 4.17. The number of alkyl halides is 3. The van der Waals surface area contributed by atoms with Gasteiger partial charge in [0.1, 0.15) is 0 Å². The molecule has 0 aliphatic carbocycles. The van der Waals surface area contributed by atoms with Crippen LogP contribution in [0.15, 0.2) is 53.5 Å². The highest BCUT2D eigenvalue weighted by Gasteiger charge is 2.29. The number of guanidine groups is 1. The molecule has 146 valence electrons. The molecule has 0 aliphatic rings. The predicted molar refractivity (Wildman–Crippen MR) is 101 cm³/mol. The van der Waals surface area contributed by atoms with Crippen molar-refractivity contribution in [3.8, 4) is 0 Å². The van der Waals surface area contributed by atoms with Crippen LogP contribution in [0.1, 0.15) is 22.3 Å². The van der Waals surface area contributed by atoms with Gasteiger partial charge in [-0.15, -0.1) is 0 Å². The molecule has 2 rings (SSSR count). The van der Waals surface area contributed by atoms with Crippen molar-refractivity contribution in [2.24, 2.45) is 4.99 Å². The first-order chi connectivity index (χ1) is 12.9. The van der Waals surface area contributed by atoms with Gasteiger partial charge in [-0.2, -0.15) is 13.2 Å². The van der Waals surface area contributed by atoms with Crippen molar-refractivity contribution < 1.29 is 17.9 Å². The first-order valence-corrected chi connectivity index (χ1v) is 8.60. The highest BCUT2D eigenvalue weighted by molar-refractivity contribution is 5.79. The van der Waals surface area contributed by atoms with E-state index in [1.165, 1.54) is 12.1 Å². The van der Waals surface area contributed by atoms with Gasteiger partial charge in [0.25, 0.3) is 0 Å². The van der Waals surface area contributed by atoms with E-state index in [-0.39, 0.29) is 0 Å². The summed E-state index contributed by atoms with van der Waals surface area (Å²) in [6.45, 7) is 1.70. The third kappa shape index (κ3) is 6.60. The fourth-order valence-corrected chi connectivity index (χ4v) is 2.61. The van der Waals surface area contributed by atoms with Crippen LogP contribution in [-0.4, -0.2) is 26.7 Å². The number of nitrogens with one attached hydrogen (secondary N) is 2. The number of benzene rings is 2. The van der Waals surface area contributed by atoms with E-state index in [4.69, 9.17) is 4.74 Å². The van der Waals surface area contributed by atoms with Crippen LogP contribution in [0.3, 0.4) is 0 Å². The average molecular weight is 379 g/mol. The molecule has 4 nitrogen and oxygen atoms in total. The Labute approximate surface area is 157 Å². The maximum Gasteiger partial charge on any atom is 0.416 e. The zero-order valence-corrected chi connectivity index (χ0v) is 15.4. The van der Waals surface area contributed by atoms with E-state index >= 15 is 0 Å². The quantitative estimate of drug-likeness (QED) is 0.569. The largest absolute Gasteiger partial charge is 0.416 e. The fraction of sp³-hybridized carbons (Fsp3) is 0.350. The van der Waals surface area contributed by atoms with Gasteiger partial charge in [0.05, 0.1) is 12.2 Å². The van der Waals surface area contributed by atoms with Crippen molar-refractivity contribution in [3.05, 3.63) is 70.8 Å². The van der Waals surface area contributed by atoms with E-state index in [0.29, 0.717) is 32.1 Å². The zero-order chi connectivity index (χ0) is 19.7. The Kier molecular flexibility index (Phi) is 7.67. The number of nitrogens with zero attached hydrogens (tertiary/aromatic N) is 1. The molecular weight excluding hydrogens is 355 g/mol. The van der Waals surface area contributed by atoms with Crippen LogP contribution in [0, 0.1) is 0 Å². The minimum absolute atomic E-state index is 0.539. The summed E-state index contributed by atoms with van der Waals surface area (Å²) in [5.74, 6) is 0.633. The SMILES string of the molecule is CN=C(NCCc1ccc(C(F)(F)F)cc1)NCc1ccccc1COC. The summed E-state index contributed by atoms with van der Waals surface area (Å²) >= 11 is 0. The molecule has 2 N–H and O–H groups in total. The minimum atomic E-state index is -4.30. The monoisotopic (exact) mass is 379 g/mol. The number of aliphatic imine (C=N–C) groups is 1. The lowest BCUT2D eigenvalue weighted by Gasteiger charge is -2.14. The van der Waals surface area contributed by atoms with Crippen LogP contribution in [0.2, 0.25) is 0 Å². The van der Waals surface area contributed by atoms with Crippen molar-refractivity contribution >= 4 is 5.96 Å². The van der Waals surface area contributed by atoms with E-state index in [9.17, 15) is 13.2 Å². The molecule has 0 spiro atoms. The highest BCUT2D eigenvalue weighted by atomic mass is 19.4. The summed E-state index contributed by atoms with van der Waals surface area (Å²) in [6.07, 6.45) is -3.71. The predicted octanol–water partition coefficient (Wildman–Crippen LogP) is 3.76. The van der Waals surface area contributed by atoms with Crippen molar-refractivity contribution in [2.45, 2.75) is 25.7 Å². The van der Waals surface area contributed by atoms with Crippen LogP contribution in [0.25, 0.3) is 0 Å². The lowest BCUT2D eigenvalue weighted by atomic mass is 10.1. The van der Waals surface area contributed by atoms with Gasteiger partial charge in [-0.1, -0.05) is 36.4 Å². The highest BCUT2D eigenvalue weighted by Crippen LogP contribution is 2.29. The second kappa shape index (κ2) is 9.97. The van der Waals surface area contributed by atoms with E-state index < -0.39 is 11.7 Å². The molecule has 0 heterocycles. The van der Waals surface area contributed by atoms with E-state index in [2.05, 4.69) is 15.6 Å². The average Bonchev–Trinajstić information content (AvgIpc) is 2.65. The molecule has 0 atom stereocenters. The lowest BCUT2D eigenvalue weighted by Crippen LogP contribution is -2.38. The molecule has 2 aromatic carbocycles. The van der Waals surface area contributed by atoms with Crippen LogP contribution in [-0.2, 0) is 30.5 Å². The van der Waals surface area contributed by atoms with Crippen LogP contribution < -0.4 is 10.6 Å². The molecule has 0 bridgehead atoms. The topological polar surface area (TPSA) is 45.7 Å². The lowest BCUT2D eigenvalue weighted by molar-refractivity contribution is -0.137. The van der Waals surface area contributed by atoms with Gasteiger partial charge < -0.3 is 15.4 Å². The second-order valence-corrected chi connectivity index (χ2v) is 6.00. The smallest absolute Gasteiger partial charge is 0.380 e. The van der Waals surface area contributed by atoms with Gasteiger partial charge in [0.15, 0.2) is 5.96 Å². The van der Waals surface area contributed by atoms with Gasteiger partial charge in [-0.05, 0) is 35.2 Å². The van der Waals surface area contributed by atoms with Gasteiger partial charge in [-0.25, -0.2) is 0 Å². The standard InChI is InChI=1S/C20H24F3N3O/c1-24-19(26-13-16-5-3-4-6-17(16)14-27-2)25-12-11-15-7-9-18(10-8-15)20(21,22)23/h3-10H,11-14H2,1-2H3,(H2,24,25,26). The molecular formula is C20H24F3N3O. The molecule has 0 aromatic heterocycles. The molecule has 0 fully saturated rings. The van der Waals surface area contributed by atoms with Crippen molar-refractivity contribution in [1.29, 1.82) is 0 Å². The van der Waals surface area contributed by atoms with E-state index in [1.807, 2.05) is 24.3 Å². The number of halogens is 3. The number of rotatable bonds is 7. The van der Waals surface area contributed by atoms with Gasteiger partial charge in [0.2, 0.25) is 0 Å². The Morgan fingerprint density at radius 3 is 2.26 bits per heavy atom. The van der Waals surface area contributed by atoms with Crippen molar-refractivity contribution in [1.82, 2.24) is 10.6 Å². The maximum absolute atomic E-state index is 12.6. The molecule has 0 unspecified atom stereocenters. The molecule has 27 heavy (non-hydrogen) atoms. The molecule has 7 heteroatoms.